The minimum Gasteiger partial charge on any atom is -0.452 e. The van der Waals surface area contributed by atoms with E-state index < -0.39 is 0 Å². The Kier molecular flexibility index (Phi) is 6.39. The summed E-state index contributed by atoms with van der Waals surface area (Å²) in [5.74, 6) is 1.27. The smallest absolute Gasteiger partial charge is 0.180 e. The van der Waals surface area contributed by atoms with Crippen molar-refractivity contribution in [2.75, 3.05) is 0 Å². The van der Waals surface area contributed by atoms with E-state index in [9.17, 15) is 0 Å². The van der Waals surface area contributed by atoms with Crippen molar-refractivity contribution >= 4 is 44.1 Å². The summed E-state index contributed by atoms with van der Waals surface area (Å²) in [7, 11) is 0. The molecule has 0 radical (unpaired) electrons. The molecule has 6 nitrogen and oxygen atoms in total. The molecule has 6 aromatic carbocycles. The van der Waals surface area contributed by atoms with Gasteiger partial charge in [-0.15, -0.1) is 0 Å². The summed E-state index contributed by atoms with van der Waals surface area (Å²) in [6.45, 7) is 0. The Morgan fingerprint density at radius 3 is 1.16 bits per heavy atom. The van der Waals surface area contributed by atoms with Gasteiger partial charge in [0.25, 0.3) is 0 Å². The van der Waals surface area contributed by atoms with Crippen LogP contribution in [0.15, 0.2) is 167 Å². The van der Waals surface area contributed by atoms with E-state index in [0.29, 0.717) is 22.8 Å². The molecule has 4 heterocycles. The zero-order valence-electron chi connectivity index (χ0n) is 26.6. The van der Waals surface area contributed by atoms with E-state index >= 15 is 0 Å². The van der Waals surface area contributed by atoms with Crippen LogP contribution in [0.2, 0.25) is 0 Å². The summed E-state index contributed by atoms with van der Waals surface area (Å²) in [5.41, 5.74) is 11.9. The first-order valence-corrected chi connectivity index (χ1v) is 16.5. The number of rotatable bonds is 5. The average molecular weight is 643 g/mol. The molecule has 6 heteroatoms. The number of para-hydroxylation sites is 2. The molecule has 0 bridgehead atoms. The maximum Gasteiger partial charge on any atom is 0.180 e. The summed E-state index contributed by atoms with van der Waals surface area (Å²) in [6, 6.07) is 53.0. The molecular weight excluding hydrogens is 617 g/mol. The molecule has 0 aliphatic carbocycles. The molecular formula is C44H26N4O2. The lowest BCUT2D eigenvalue weighted by atomic mass is 10.00. The third-order valence-electron chi connectivity index (χ3n) is 9.11. The Hall–Kier alpha value is -6.92. The molecule has 50 heavy (non-hydrogen) atoms. The molecule has 0 amide bonds. The van der Waals surface area contributed by atoms with Gasteiger partial charge >= 0.3 is 0 Å². The van der Waals surface area contributed by atoms with Crippen molar-refractivity contribution in [1.29, 1.82) is 0 Å². The highest BCUT2D eigenvalue weighted by molar-refractivity contribution is 6.08. The van der Waals surface area contributed by atoms with E-state index in [-0.39, 0.29) is 0 Å². The first-order valence-electron chi connectivity index (χ1n) is 16.5. The second-order valence-corrected chi connectivity index (χ2v) is 12.2. The van der Waals surface area contributed by atoms with Crippen LogP contribution < -0.4 is 0 Å². The zero-order chi connectivity index (χ0) is 33.0. The minimum absolute atomic E-state index is 0.633. The molecule has 0 spiro atoms. The lowest BCUT2D eigenvalue weighted by molar-refractivity contribution is 0.667. The number of benzene rings is 6. The van der Waals surface area contributed by atoms with Gasteiger partial charge < -0.3 is 8.83 Å². The van der Waals surface area contributed by atoms with Crippen molar-refractivity contribution < 1.29 is 8.83 Å². The minimum atomic E-state index is 0.633. The summed E-state index contributed by atoms with van der Waals surface area (Å²) >= 11 is 0. The molecule has 0 fully saturated rings. The molecule has 0 aliphatic heterocycles. The van der Waals surface area contributed by atoms with Crippen molar-refractivity contribution in [2.24, 2.45) is 0 Å². The first kappa shape index (κ1) is 28.1. The van der Waals surface area contributed by atoms with Gasteiger partial charge in [0.05, 0.1) is 0 Å². The van der Waals surface area contributed by atoms with Gasteiger partial charge in [-0.1, -0.05) is 121 Å². The Labute approximate surface area is 286 Å². The van der Waals surface area contributed by atoms with Gasteiger partial charge in [-0.3, -0.25) is 0 Å². The van der Waals surface area contributed by atoms with Crippen LogP contribution in [-0.2, 0) is 0 Å². The molecule has 0 unspecified atom stereocenters. The van der Waals surface area contributed by atoms with Crippen LogP contribution in [0.3, 0.4) is 0 Å². The first-order chi connectivity index (χ1) is 24.8. The molecule has 0 saturated heterocycles. The topological polar surface area (TPSA) is 77.8 Å². The predicted molar refractivity (Wildman–Crippen MR) is 199 cm³/mol. The van der Waals surface area contributed by atoms with Gasteiger partial charge in [-0.2, -0.15) is 0 Å². The van der Waals surface area contributed by atoms with Crippen molar-refractivity contribution in [3.05, 3.63) is 158 Å². The largest absolute Gasteiger partial charge is 0.452 e. The highest BCUT2D eigenvalue weighted by atomic mass is 16.3. The number of hydrogen-bond acceptors (Lipinski definition) is 6. The molecule has 234 valence electrons. The van der Waals surface area contributed by atoms with E-state index in [0.717, 1.165) is 77.7 Å². The van der Waals surface area contributed by atoms with Crippen molar-refractivity contribution in [1.82, 2.24) is 19.9 Å². The molecule has 10 aromatic rings. The Balaban J connectivity index is 1.11. The van der Waals surface area contributed by atoms with Crippen LogP contribution in [-0.4, -0.2) is 19.9 Å². The lowest BCUT2D eigenvalue weighted by Gasteiger charge is -2.10. The van der Waals surface area contributed by atoms with Gasteiger partial charge in [-0.05, 0) is 47.5 Å². The van der Waals surface area contributed by atoms with Crippen LogP contribution in [0.1, 0.15) is 0 Å². The Morgan fingerprint density at radius 2 is 0.700 bits per heavy atom. The van der Waals surface area contributed by atoms with Crippen molar-refractivity contribution in [3.63, 3.8) is 0 Å². The molecule has 0 aliphatic rings. The number of fused-ring (bicyclic) bond motifs is 6. The lowest BCUT2D eigenvalue weighted by Crippen LogP contribution is -1.95. The standard InChI is InChI=1S/C44H26N4O2/c1-3-13-27(14-4-1)37-41-39(33-21-7-9-23-35(33)49-41)47-43(45-37)31-19-11-17-29(25-31)30-18-12-20-32(26-30)44-46-38(28-15-5-2-6-16-28)42-40(48-44)34-22-8-10-24-36(34)50-42/h1-26H. The van der Waals surface area contributed by atoms with Crippen LogP contribution >= 0.6 is 0 Å². The van der Waals surface area contributed by atoms with E-state index in [1.807, 2.05) is 97.1 Å². The maximum absolute atomic E-state index is 6.32. The third-order valence-corrected chi connectivity index (χ3v) is 9.11. The fraction of sp³-hybridized carbons (Fsp3) is 0. The fourth-order valence-electron chi connectivity index (χ4n) is 6.70. The SMILES string of the molecule is c1ccc(-c2nc(-c3cccc(-c4cccc(-c5nc(-c6ccccc6)c6oc7ccccc7c6n5)c4)c3)nc3c2oc2ccccc23)cc1. The second kappa shape index (κ2) is 11.4. The monoisotopic (exact) mass is 642 g/mol. The van der Waals surface area contributed by atoms with Crippen LogP contribution in [0, 0.1) is 0 Å². The van der Waals surface area contributed by atoms with Gasteiger partial charge in [-0.25, -0.2) is 19.9 Å². The maximum atomic E-state index is 6.32. The van der Waals surface area contributed by atoms with E-state index in [4.69, 9.17) is 28.8 Å². The third kappa shape index (κ3) is 4.65. The van der Waals surface area contributed by atoms with Crippen molar-refractivity contribution in [3.8, 4) is 56.4 Å². The average Bonchev–Trinajstić information content (AvgIpc) is 3.76. The number of hydrogen-bond donors (Lipinski definition) is 0. The number of furan rings is 2. The molecule has 10 rings (SSSR count). The fourth-order valence-corrected chi connectivity index (χ4v) is 6.70. The van der Waals surface area contributed by atoms with Crippen molar-refractivity contribution in [2.45, 2.75) is 0 Å². The summed E-state index contributed by atoms with van der Waals surface area (Å²) in [4.78, 5) is 20.3. The Morgan fingerprint density at radius 1 is 0.320 bits per heavy atom. The summed E-state index contributed by atoms with van der Waals surface area (Å²) in [6.07, 6.45) is 0. The van der Waals surface area contributed by atoms with E-state index in [1.54, 1.807) is 0 Å². The highest BCUT2D eigenvalue weighted by Gasteiger charge is 2.20. The predicted octanol–water partition coefficient (Wildman–Crippen LogP) is 11.4. The van der Waals surface area contributed by atoms with E-state index in [2.05, 4.69) is 60.7 Å². The molecule has 4 aromatic heterocycles. The van der Waals surface area contributed by atoms with E-state index in [1.165, 1.54) is 0 Å². The second-order valence-electron chi connectivity index (χ2n) is 12.2. The summed E-state index contributed by atoms with van der Waals surface area (Å²) in [5, 5.41) is 1.92. The molecule has 0 atom stereocenters. The molecule has 0 N–H and O–H groups in total. The zero-order valence-corrected chi connectivity index (χ0v) is 26.6. The molecule has 0 saturated carbocycles. The quantitative estimate of drug-likeness (QED) is 0.186. The normalized spacial score (nSPS) is 11.6. The van der Waals surface area contributed by atoms with Gasteiger partial charge in [0.15, 0.2) is 22.8 Å². The van der Waals surface area contributed by atoms with Crippen LogP contribution in [0.25, 0.3) is 101 Å². The van der Waals surface area contributed by atoms with Crippen LogP contribution in [0.5, 0.6) is 0 Å². The van der Waals surface area contributed by atoms with Crippen LogP contribution in [0.4, 0.5) is 0 Å². The highest BCUT2D eigenvalue weighted by Crippen LogP contribution is 2.38. The number of nitrogens with zero attached hydrogens (tertiary/aromatic N) is 4. The van der Waals surface area contributed by atoms with Gasteiger partial charge in [0.1, 0.15) is 33.6 Å². The summed E-state index contributed by atoms with van der Waals surface area (Å²) < 4.78 is 12.6. The van der Waals surface area contributed by atoms with Gasteiger partial charge in [0, 0.05) is 33.0 Å². The number of aromatic nitrogens is 4. The van der Waals surface area contributed by atoms with Gasteiger partial charge in [0.2, 0.25) is 0 Å². The Bertz CT molecular complexity index is 2680.